The highest BCUT2D eigenvalue weighted by Crippen LogP contribution is 2.01. The van der Waals surface area contributed by atoms with Crippen LogP contribution < -0.4 is 0 Å². The van der Waals surface area contributed by atoms with Crippen molar-refractivity contribution in [2.45, 2.75) is 13.8 Å². The van der Waals surface area contributed by atoms with Crippen LogP contribution >= 0.6 is 11.6 Å². The predicted octanol–water partition coefficient (Wildman–Crippen LogP) is 2.25. The summed E-state index contributed by atoms with van der Waals surface area (Å²) < 4.78 is 4.63. The zero-order valence-corrected chi connectivity index (χ0v) is 7.39. The molecule has 11 heavy (non-hydrogen) atoms. The van der Waals surface area contributed by atoms with Crippen LogP contribution in [0.2, 0.25) is 0 Å². The molecule has 0 atom stereocenters. The largest absolute Gasteiger partial charge is 0.463 e. The molecule has 62 valence electrons. The Kier molecular flexibility index (Phi) is 5.57. The van der Waals surface area contributed by atoms with Crippen LogP contribution in [0, 0.1) is 0 Å². The van der Waals surface area contributed by atoms with Crippen molar-refractivity contribution in [2.75, 3.05) is 6.61 Å². The second-order valence-corrected chi connectivity index (χ2v) is 2.20. The highest BCUT2D eigenvalue weighted by molar-refractivity contribution is 6.31. The normalized spacial score (nSPS) is 12.1. The van der Waals surface area contributed by atoms with Crippen molar-refractivity contribution in [3.05, 3.63) is 23.3 Å². The van der Waals surface area contributed by atoms with Crippen LogP contribution in [0.4, 0.5) is 0 Å². The average Bonchev–Trinajstić information content (AvgIpc) is 2.01. The molecule has 0 spiro atoms. The summed E-state index contributed by atoms with van der Waals surface area (Å²) >= 11 is 5.58. The predicted molar refractivity (Wildman–Crippen MR) is 45.4 cm³/mol. The molecule has 2 nitrogen and oxygen atoms in total. The molecule has 0 amide bonds. The van der Waals surface area contributed by atoms with Crippen LogP contribution in [-0.2, 0) is 9.53 Å². The Morgan fingerprint density at radius 1 is 1.55 bits per heavy atom. The third kappa shape index (κ3) is 5.67. The highest BCUT2D eigenvalue weighted by atomic mass is 35.5. The molecule has 0 N–H and O–H groups in total. The third-order valence-corrected chi connectivity index (χ3v) is 1.29. The third-order valence-electron chi connectivity index (χ3n) is 0.941. The number of hydrogen-bond donors (Lipinski definition) is 0. The monoisotopic (exact) mass is 174 g/mol. The van der Waals surface area contributed by atoms with Gasteiger partial charge in [0.25, 0.3) is 0 Å². The van der Waals surface area contributed by atoms with Crippen LogP contribution in [0.3, 0.4) is 0 Å². The first-order valence-corrected chi connectivity index (χ1v) is 3.75. The van der Waals surface area contributed by atoms with Gasteiger partial charge < -0.3 is 4.74 Å². The van der Waals surface area contributed by atoms with Crippen LogP contribution in [0.1, 0.15) is 13.8 Å². The van der Waals surface area contributed by atoms with Gasteiger partial charge in [-0.3, -0.25) is 0 Å². The Hall–Kier alpha value is -0.760. The molecule has 0 saturated carbocycles. The van der Waals surface area contributed by atoms with Gasteiger partial charge in [0.2, 0.25) is 0 Å². The fraction of sp³-hybridized carbons (Fsp3) is 0.375. The van der Waals surface area contributed by atoms with Gasteiger partial charge >= 0.3 is 5.97 Å². The summed E-state index contributed by atoms with van der Waals surface area (Å²) in [6, 6.07) is 0. The van der Waals surface area contributed by atoms with Crippen molar-refractivity contribution in [2.24, 2.45) is 0 Å². The maximum atomic E-state index is 10.7. The van der Waals surface area contributed by atoms with Gasteiger partial charge in [0, 0.05) is 11.1 Å². The Morgan fingerprint density at radius 3 is 2.64 bits per heavy atom. The van der Waals surface area contributed by atoms with Crippen molar-refractivity contribution in [3.63, 3.8) is 0 Å². The molecular formula is C8H11ClO2. The molecule has 0 saturated heterocycles. The first kappa shape index (κ1) is 10.2. The second kappa shape index (κ2) is 5.98. The highest BCUT2D eigenvalue weighted by Gasteiger charge is 1.92. The first-order chi connectivity index (χ1) is 5.20. The van der Waals surface area contributed by atoms with E-state index in [1.165, 1.54) is 12.2 Å². The van der Waals surface area contributed by atoms with E-state index in [4.69, 9.17) is 11.6 Å². The van der Waals surface area contributed by atoms with Crippen LogP contribution in [0.25, 0.3) is 0 Å². The van der Waals surface area contributed by atoms with Gasteiger partial charge in [-0.15, -0.1) is 0 Å². The van der Waals surface area contributed by atoms with Crippen molar-refractivity contribution < 1.29 is 9.53 Å². The van der Waals surface area contributed by atoms with E-state index in [0.717, 1.165) is 0 Å². The Morgan fingerprint density at radius 2 is 2.18 bits per heavy atom. The first-order valence-electron chi connectivity index (χ1n) is 3.37. The van der Waals surface area contributed by atoms with Crippen LogP contribution in [0.15, 0.2) is 23.3 Å². The molecule has 0 aliphatic rings. The smallest absolute Gasteiger partial charge is 0.330 e. The van der Waals surface area contributed by atoms with Crippen molar-refractivity contribution in [1.29, 1.82) is 0 Å². The standard InChI is InChI=1S/C8H11ClO2/c1-3-7(9)5-6-8(10)11-4-2/h3,5-6H,4H2,1-2H3/b6-5+,7-3-. The molecule has 0 radical (unpaired) electrons. The lowest BCUT2D eigenvalue weighted by atomic mass is 10.4. The van der Waals surface area contributed by atoms with Crippen LogP contribution in [0.5, 0.6) is 0 Å². The van der Waals surface area contributed by atoms with Gasteiger partial charge in [-0.05, 0) is 19.9 Å². The van der Waals surface area contributed by atoms with Gasteiger partial charge in [0.15, 0.2) is 0 Å². The molecule has 0 fully saturated rings. The fourth-order valence-electron chi connectivity index (χ4n) is 0.434. The van der Waals surface area contributed by atoms with Gasteiger partial charge in [-0.2, -0.15) is 0 Å². The van der Waals surface area contributed by atoms with E-state index >= 15 is 0 Å². The molecule has 0 aliphatic heterocycles. The molecule has 0 rings (SSSR count). The molecule has 0 unspecified atom stereocenters. The maximum Gasteiger partial charge on any atom is 0.330 e. The summed E-state index contributed by atoms with van der Waals surface area (Å²) in [5.41, 5.74) is 0. The fourth-order valence-corrected chi connectivity index (χ4v) is 0.497. The second-order valence-electron chi connectivity index (χ2n) is 1.76. The van der Waals surface area contributed by atoms with Gasteiger partial charge in [-0.1, -0.05) is 17.7 Å². The number of carbonyl (C=O) groups is 1. The van der Waals surface area contributed by atoms with E-state index < -0.39 is 0 Å². The van der Waals surface area contributed by atoms with Crippen molar-refractivity contribution in [1.82, 2.24) is 0 Å². The minimum absolute atomic E-state index is 0.368. The number of ether oxygens (including phenoxy) is 1. The summed E-state index contributed by atoms with van der Waals surface area (Å²) in [7, 11) is 0. The van der Waals surface area contributed by atoms with Crippen LogP contribution in [-0.4, -0.2) is 12.6 Å². The van der Waals surface area contributed by atoms with Gasteiger partial charge in [0.1, 0.15) is 0 Å². The topological polar surface area (TPSA) is 26.3 Å². The molecule has 0 aromatic carbocycles. The van der Waals surface area contributed by atoms with Gasteiger partial charge in [0.05, 0.1) is 6.61 Å². The lowest BCUT2D eigenvalue weighted by Gasteiger charge is -1.93. The Labute approximate surface area is 71.5 Å². The summed E-state index contributed by atoms with van der Waals surface area (Å²) in [6.07, 6.45) is 4.49. The van der Waals surface area contributed by atoms with Gasteiger partial charge in [-0.25, -0.2) is 4.79 Å². The molecule has 0 heterocycles. The molecule has 0 aromatic rings. The van der Waals surface area contributed by atoms with E-state index in [1.54, 1.807) is 19.9 Å². The van der Waals surface area contributed by atoms with E-state index in [0.29, 0.717) is 11.6 Å². The zero-order chi connectivity index (χ0) is 8.69. The lowest BCUT2D eigenvalue weighted by Crippen LogP contribution is -1.98. The molecule has 0 aliphatic carbocycles. The molecule has 3 heteroatoms. The number of halogens is 1. The summed E-state index contributed by atoms with van der Waals surface area (Å²) in [5, 5.41) is 0.526. The molecule has 0 bridgehead atoms. The number of esters is 1. The maximum absolute atomic E-state index is 10.7. The van der Waals surface area contributed by atoms with E-state index in [9.17, 15) is 4.79 Å². The quantitative estimate of drug-likeness (QED) is 0.373. The lowest BCUT2D eigenvalue weighted by molar-refractivity contribution is -0.137. The van der Waals surface area contributed by atoms with E-state index in [-0.39, 0.29) is 5.97 Å². The zero-order valence-electron chi connectivity index (χ0n) is 6.63. The molecular weight excluding hydrogens is 164 g/mol. The minimum Gasteiger partial charge on any atom is -0.463 e. The average molecular weight is 175 g/mol. The minimum atomic E-state index is -0.368. The Bertz CT molecular complexity index is 183. The number of allylic oxidation sites excluding steroid dienone is 3. The summed E-state index contributed by atoms with van der Waals surface area (Å²) in [4.78, 5) is 10.7. The summed E-state index contributed by atoms with van der Waals surface area (Å²) in [6.45, 7) is 3.93. The summed E-state index contributed by atoms with van der Waals surface area (Å²) in [5.74, 6) is -0.368. The van der Waals surface area contributed by atoms with Crippen molar-refractivity contribution >= 4 is 17.6 Å². The number of hydrogen-bond acceptors (Lipinski definition) is 2. The number of rotatable bonds is 3. The van der Waals surface area contributed by atoms with Crippen molar-refractivity contribution in [3.8, 4) is 0 Å². The van der Waals surface area contributed by atoms with E-state index in [1.807, 2.05) is 0 Å². The Balaban J connectivity index is 3.83. The SMILES string of the molecule is C/C=C(Cl)/C=C/C(=O)OCC. The molecule has 0 aromatic heterocycles. The van der Waals surface area contributed by atoms with E-state index in [2.05, 4.69) is 4.74 Å². The number of carbonyl (C=O) groups excluding carboxylic acids is 1.